The van der Waals surface area contributed by atoms with E-state index in [0.717, 1.165) is 29.2 Å². The van der Waals surface area contributed by atoms with Crippen LogP contribution < -0.4 is 4.74 Å². The Morgan fingerprint density at radius 1 is 1.24 bits per heavy atom. The molecule has 0 aromatic heterocycles. The van der Waals surface area contributed by atoms with Gasteiger partial charge in [-0.3, -0.25) is 4.79 Å². The summed E-state index contributed by atoms with van der Waals surface area (Å²) in [5.41, 5.74) is 0.828. The summed E-state index contributed by atoms with van der Waals surface area (Å²) in [6, 6.07) is 11.4. The van der Waals surface area contributed by atoms with Crippen molar-refractivity contribution in [3.63, 3.8) is 0 Å². The van der Waals surface area contributed by atoms with E-state index in [1.807, 2.05) is 36.4 Å². The molecule has 0 heterocycles. The predicted octanol–water partition coefficient (Wildman–Crippen LogP) is 3.49. The van der Waals surface area contributed by atoms with Crippen LogP contribution in [0.2, 0.25) is 0 Å². The molecule has 0 bridgehead atoms. The van der Waals surface area contributed by atoms with Gasteiger partial charge < -0.3 is 19.8 Å². The molecule has 1 amide bonds. The zero-order valence-corrected chi connectivity index (χ0v) is 15.1. The first kappa shape index (κ1) is 18.9. The van der Waals surface area contributed by atoms with E-state index < -0.39 is 0 Å². The Labute approximate surface area is 149 Å². The van der Waals surface area contributed by atoms with Gasteiger partial charge in [-0.25, -0.2) is 0 Å². The minimum absolute atomic E-state index is 0.0208. The zero-order valence-electron chi connectivity index (χ0n) is 15.1. The summed E-state index contributed by atoms with van der Waals surface area (Å²) in [6.45, 7) is 2.63. The van der Waals surface area contributed by atoms with Gasteiger partial charge >= 0.3 is 0 Å². The smallest absolute Gasteiger partial charge is 0.260 e. The molecule has 5 heteroatoms. The largest absolute Gasteiger partial charge is 0.483 e. The van der Waals surface area contributed by atoms with Crippen molar-refractivity contribution in [2.45, 2.75) is 25.9 Å². The lowest BCUT2D eigenvalue weighted by Crippen LogP contribution is -2.37. The first-order chi connectivity index (χ1) is 12.1. The quantitative estimate of drug-likeness (QED) is 0.710. The summed E-state index contributed by atoms with van der Waals surface area (Å²) >= 11 is 0. The molecule has 25 heavy (non-hydrogen) atoms. The van der Waals surface area contributed by atoms with Crippen LogP contribution in [0.3, 0.4) is 0 Å². The minimum atomic E-state index is -0.0848. The summed E-state index contributed by atoms with van der Waals surface area (Å²) in [4.78, 5) is 14.0. The maximum atomic E-state index is 12.3. The van der Waals surface area contributed by atoms with Crippen molar-refractivity contribution in [1.29, 1.82) is 5.41 Å². The van der Waals surface area contributed by atoms with Crippen molar-refractivity contribution in [2.24, 2.45) is 0 Å². The van der Waals surface area contributed by atoms with Gasteiger partial charge in [0, 0.05) is 37.9 Å². The molecule has 0 spiro atoms. The second-order valence-electron chi connectivity index (χ2n) is 6.05. The van der Waals surface area contributed by atoms with Crippen molar-refractivity contribution in [3.8, 4) is 5.75 Å². The molecular weight excluding hydrogens is 316 g/mol. The van der Waals surface area contributed by atoms with E-state index >= 15 is 0 Å². The number of hydrogen-bond acceptors (Lipinski definition) is 4. The second kappa shape index (κ2) is 9.18. The number of ether oxygens (including phenoxy) is 2. The highest BCUT2D eigenvalue weighted by Gasteiger charge is 2.16. The topological polar surface area (TPSA) is 62.6 Å². The summed E-state index contributed by atoms with van der Waals surface area (Å²) in [5, 5.41) is 9.35. The fraction of sp³-hybridized carbons (Fsp3) is 0.400. The van der Waals surface area contributed by atoms with Gasteiger partial charge in [-0.2, -0.15) is 0 Å². The first-order valence-corrected chi connectivity index (χ1v) is 8.52. The lowest BCUT2D eigenvalue weighted by molar-refractivity contribution is -0.133. The third kappa shape index (κ3) is 4.79. The van der Waals surface area contributed by atoms with Gasteiger partial charge in [0.05, 0.1) is 6.10 Å². The average molecular weight is 342 g/mol. The van der Waals surface area contributed by atoms with Crippen LogP contribution in [-0.4, -0.2) is 50.4 Å². The zero-order chi connectivity index (χ0) is 18.2. The molecular formula is C20H26N2O3. The van der Waals surface area contributed by atoms with Crippen molar-refractivity contribution < 1.29 is 14.3 Å². The fourth-order valence-electron chi connectivity index (χ4n) is 2.81. The maximum Gasteiger partial charge on any atom is 0.260 e. The SMILES string of the molecule is CCCC(CN(C)C(=O)COc1ccc(C=N)c2ccccc12)OC. The number of nitrogens with zero attached hydrogens (tertiary/aromatic N) is 1. The summed E-state index contributed by atoms with van der Waals surface area (Å²) in [6.07, 6.45) is 3.31. The lowest BCUT2D eigenvalue weighted by Gasteiger charge is -2.23. The van der Waals surface area contributed by atoms with Crippen LogP contribution in [0.1, 0.15) is 25.3 Å². The summed E-state index contributed by atoms with van der Waals surface area (Å²) in [5.74, 6) is 0.568. The molecule has 0 fully saturated rings. The molecule has 0 radical (unpaired) electrons. The number of rotatable bonds is 9. The Kier molecular flexibility index (Phi) is 6.95. The summed E-state index contributed by atoms with van der Waals surface area (Å²) < 4.78 is 11.2. The number of carbonyl (C=O) groups excluding carboxylic acids is 1. The normalized spacial score (nSPS) is 12.0. The van der Waals surface area contributed by atoms with Crippen molar-refractivity contribution >= 4 is 22.9 Å². The van der Waals surface area contributed by atoms with Gasteiger partial charge in [0.25, 0.3) is 5.91 Å². The standard InChI is InChI=1S/C20H26N2O3/c1-4-7-16(24-3)13-22(2)20(23)14-25-19-11-10-15(12-21)17-8-5-6-9-18(17)19/h5-6,8-12,16,21H,4,7,13-14H2,1-3H3. The Bertz CT molecular complexity index is 730. The molecule has 0 saturated heterocycles. The molecule has 2 aromatic rings. The van der Waals surface area contributed by atoms with E-state index in [9.17, 15) is 4.79 Å². The molecule has 0 aliphatic carbocycles. The number of fused-ring (bicyclic) bond motifs is 1. The van der Waals surface area contributed by atoms with E-state index in [1.54, 1.807) is 19.1 Å². The van der Waals surface area contributed by atoms with Gasteiger partial charge in [-0.05, 0) is 23.9 Å². The van der Waals surface area contributed by atoms with Crippen LogP contribution in [-0.2, 0) is 9.53 Å². The molecule has 0 aliphatic heterocycles. The first-order valence-electron chi connectivity index (χ1n) is 8.52. The number of nitrogens with one attached hydrogen (secondary N) is 1. The highest BCUT2D eigenvalue weighted by molar-refractivity contribution is 6.01. The summed E-state index contributed by atoms with van der Waals surface area (Å²) in [7, 11) is 3.44. The Hall–Kier alpha value is -2.40. The number of benzene rings is 2. The second-order valence-corrected chi connectivity index (χ2v) is 6.05. The Morgan fingerprint density at radius 2 is 1.96 bits per heavy atom. The number of methoxy groups -OCH3 is 1. The van der Waals surface area contributed by atoms with Crippen LogP contribution in [0.15, 0.2) is 36.4 Å². The molecule has 2 aromatic carbocycles. The maximum absolute atomic E-state index is 12.3. The minimum Gasteiger partial charge on any atom is -0.483 e. The van der Waals surface area contributed by atoms with E-state index in [-0.39, 0.29) is 18.6 Å². The number of amides is 1. The number of likely N-dealkylation sites (N-methyl/N-ethyl adjacent to an activating group) is 1. The monoisotopic (exact) mass is 342 g/mol. The van der Waals surface area contributed by atoms with Crippen LogP contribution >= 0.6 is 0 Å². The van der Waals surface area contributed by atoms with Gasteiger partial charge in [0.15, 0.2) is 6.61 Å². The van der Waals surface area contributed by atoms with Gasteiger partial charge in [0.1, 0.15) is 5.75 Å². The molecule has 5 nitrogen and oxygen atoms in total. The number of hydrogen-bond donors (Lipinski definition) is 1. The van der Waals surface area contributed by atoms with Crippen molar-refractivity contribution in [2.75, 3.05) is 27.3 Å². The van der Waals surface area contributed by atoms with Crippen LogP contribution in [0.5, 0.6) is 5.75 Å². The van der Waals surface area contributed by atoms with Gasteiger partial charge in [0.2, 0.25) is 0 Å². The lowest BCUT2D eigenvalue weighted by atomic mass is 10.0. The molecule has 2 rings (SSSR count). The van der Waals surface area contributed by atoms with E-state index in [4.69, 9.17) is 14.9 Å². The van der Waals surface area contributed by atoms with E-state index in [1.165, 1.54) is 6.21 Å². The van der Waals surface area contributed by atoms with Crippen LogP contribution in [0, 0.1) is 5.41 Å². The van der Waals surface area contributed by atoms with E-state index in [0.29, 0.717) is 12.3 Å². The van der Waals surface area contributed by atoms with Crippen LogP contribution in [0.25, 0.3) is 10.8 Å². The average Bonchev–Trinajstić information content (AvgIpc) is 2.65. The third-order valence-electron chi connectivity index (χ3n) is 4.27. The van der Waals surface area contributed by atoms with Crippen molar-refractivity contribution in [1.82, 2.24) is 4.90 Å². The highest BCUT2D eigenvalue weighted by atomic mass is 16.5. The van der Waals surface area contributed by atoms with Crippen molar-refractivity contribution in [3.05, 3.63) is 42.0 Å². The molecule has 1 N–H and O–H groups in total. The number of carbonyl (C=O) groups is 1. The Morgan fingerprint density at radius 3 is 2.60 bits per heavy atom. The Balaban J connectivity index is 2.05. The van der Waals surface area contributed by atoms with E-state index in [2.05, 4.69) is 6.92 Å². The fourth-order valence-corrected chi connectivity index (χ4v) is 2.81. The molecule has 1 unspecified atom stereocenters. The molecule has 134 valence electrons. The van der Waals surface area contributed by atoms with Gasteiger partial charge in [-0.1, -0.05) is 37.6 Å². The molecule has 0 saturated carbocycles. The predicted molar refractivity (Wildman–Crippen MR) is 101 cm³/mol. The van der Waals surface area contributed by atoms with Crippen LogP contribution in [0.4, 0.5) is 0 Å². The van der Waals surface area contributed by atoms with Gasteiger partial charge in [-0.15, -0.1) is 0 Å². The molecule has 0 aliphatic rings. The highest BCUT2D eigenvalue weighted by Crippen LogP contribution is 2.27. The molecule has 1 atom stereocenters. The third-order valence-corrected chi connectivity index (χ3v) is 4.27.